The minimum Gasteiger partial charge on any atom is -0.455 e. The average molecular weight is 821 g/mol. The first-order valence-electron chi connectivity index (χ1n) is 21.4. The van der Waals surface area contributed by atoms with Crippen LogP contribution in [0.5, 0.6) is 0 Å². The van der Waals surface area contributed by atoms with E-state index < -0.39 is 5.41 Å². The fourth-order valence-electron chi connectivity index (χ4n) is 10.2. The maximum Gasteiger partial charge on any atom is 0.160 e. The fourth-order valence-corrected chi connectivity index (χ4v) is 11.5. The molecule has 63 heavy (non-hydrogen) atoms. The van der Waals surface area contributed by atoms with Crippen molar-refractivity contribution in [3.63, 3.8) is 0 Å². The van der Waals surface area contributed by atoms with Gasteiger partial charge in [-0.3, -0.25) is 0 Å². The summed E-state index contributed by atoms with van der Waals surface area (Å²) in [6.45, 7) is 0. The van der Waals surface area contributed by atoms with Crippen LogP contribution in [-0.4, -0.2) is 9.97 Å². The molecule has 0 saturated heterocycles. The van der Waals surface area contributed by atoms with Gasteiger partial charge in [0.05, 0.1) is 16.8 Å². The van der Waals surface area contributed by atoms with E-state index in [9.17, 15) is 0 Å². The highest BCUT2D eigenvalue weighted by Gasteiger charge is 2.50. The molecule has 2 aliphatic rings. The van der Waals surface area contributed by atoms with Crippen LogP contribution < -0.4 is 0 Å². The Morgan fingerprint density at radius 2 is 0.873 bits per heavy atom. The van der Waals surface area contributed by atoms with E-state index in [2.05, 4.69) is 200 Å². The monoisotopic (exact) mass is 820 g/mol. The van der Waals surface area contributed by atoms with Gasteiger partial charge in [0.2, 0.25) is 0 Å². The number of aromatic nitrogens is 2. The molecule has 1 aliphatic heterocycles. The normalized spacial score (nSPS) is 13.1. The number of benzene rings is 9. The van der Waals surface area contributed by atoms with Gasteiger partial charge in [-0.05, 0) is 68.3 Å². The van der Waals surface area contributed by atoms with Gasteiger partial charge in [0.15, 0.2) is 5.82 Å². The van der Waals surface area contributed by atoms with Crippen LogP contribution in [0.2, 0.25) is 0 Å². The molecule has 13 rings (SSSR count). The zero-order valence-corrected chi connectivity index (χ0v) is 34.8. The Bertz CT molecular complexity index is 3540. The van der Waals surface area contributed by atoms with E-state index in [0.717, 1.165) is 66.7 Å². The van der Waals surface area contributed by atoms with E-state index in [4.69, 9.17) is 14.4 Å². The molecular formula is C59H36N2OS. The maximum atomic E-state index is 6.39. The molecule has 294 valence electrons. The van der Waals surface area contributed by atoms with Gasteiger partial charge in [-0.25, -0.2) is 9.97 Å². The van der Waals surface area contributed by atoms with Gasteiger partial charge in [-0.15, -0.1) is 0 Å². The van der Waals surface area contributed by atoms with Gasteiger partial charge in [-0.1, -0.05) is 212 Å². The first-order chi connectivity index (χ1) is 31.2. The Morgan fingerprint density at radius 3 is 1.62 bits per heavy atom. The van der Waals surface area contributed by atoms with Crippen LogP contribution in [0.15, 0.2) is 233 Å². The molecule has 4 heteroatoms. The van der Waals surface area contributed by atoms with Gasteiger partial charge in [0.25, 0.3) is 0 Å². The lowest BCUT2D eigenvalue weighted by atomic mass is 9.67. The minimum absolute atomic E-state index is 0.415. The van der Waals surface area contributed by atoms with Crippen molar-refractivity contribution in [3.05, 3.63) is 241 Å². The molecule has 0 amide bonds. The van der Waals surface area contributed by atoms with Crippen LogP contribution in [0, 0.1) is 0 Å². The van der Waals surface area contributed by atoms with E-state index in [1.165, 1.54) is 48.7 Å². The van der Waals surface area contributed by atoms with Crippen molar-refractivity contribution in [1.82, 2.24) is 9.97 Å². The van der Waals surface area contributed by atoms with E-state index in [1.54, 1.807) is 0 Å². The molecule has 3 heterocycles. The first kappa shape index (κ1) is 35.9. The average Bonchev–Trinajstić information content (AvgIpc) is 3.88. The zero-order valence-electron chi connectivity index (χ0n) is 34.0. The van der Waals surface area contributed by atoms with Crippen molar-refractivity contribution in [2.45, 2.75) is 15.2 Å². The molecule has 11 aromatic rings. The number of rotatable bonds is 5. The number of para-hydroxylation sites is 2. The van der Waals surface area contributed by atoms with Crippen LogP contribution in [0.4, 0.5) is 0 Å². The van der Waals surface area contributed by atoms with E-state index in [1.807, 2.05) is 30.0 Å². The maximum absolute atomic E-state index is 6.39. The van der Waals surface area contributed by atoms with Crippen LogP contribution in [0.3, 0.4) is 0 Å². The lowest BCUT2D eigenvalue weighted by Crippen LogP contribution is -2.32. The Morgan fingerprint density at radius 1 is 0.365 bits per heavy atom. The highest BCUT2D eigenvalue weighted by Crippen LogP contribution is 2.63. The van der Waals surface area contributed by atoms with E-state index in [-0.39, 0.29) is 0 Å². The summed E-state index contributed by atoms with van der Waals surface area (Å²) in [7, 11) is 0. The van der Waals surface area contributed by atoms with Crippen molar-refractivity contribution < 1.29 is 4.42 Å². The third-order valence-electron chi connectivity index (χ3n) is 13.0. The van der Waals surface area contributed by atoms with E-state index >= 15 is 0 Å². The highest BCUT2D eigenvalue weighted by atomic mass is 32.2. The summed E-state index contributed by atoms with van der Waals surface area (Å²) in [4.78, 5) is 13.0. The van der Waals surface area contributed by atoms with Gasteiger partial charge in [0, 0.05) is 42.8 Å². The molecule has 2 aromatic heterocycles. The fraction of sp³-hybridized carbons (Fsp3) is 0.0169. The number of fused-ring (bicyclic) bond motifs is 12. The standard InChI is InChI=1S/C59H36N2OS/c1-2-14-39(15-3-1)52-36-53(40-32-28-37(29-33-40)42-19-12-21-47-46-18-6-10-26-54(46)62-56(42)47)61-58(60-52)41-34-30-38(31-35-41)43-20-13-25-51-57(43)63-55-27-11-9-24-50(55)59(51)48-22-7-4-16-44(48)45-17-5-8-23-49(45)59/h1-36H. The first-order valence-corrected chi connectivity index (χ1v) is 22.2. The third-order valence-corrected chi connectivity index (χ3v) is 14.2. The SMILES string of the molecule is c1ccc(-c2cc(-c3ccc(-c4cccc5c4oc4ccccc45)cc3)nc(-c3ccc(-c4cccc5c4Sc4ccccc4C54c5ccccc5-c5ccccc54)cc3)n2)cc1. The summed E-state index contributed by atoms with van der Waals surface area (Å²) < 4.78 is 6.39. The summed E-state index contributed by atoms with van der Waals surface area (Å²) in [6, 6.07) is 78.4. The predicted molar refractivity (Wildman–Crippen MR) is 258 cm³/mol. The van der Waals surface area contributed by atoms with Gasteiger partial charge >= 0.3 is 0 Å². The van der Waals surface area contributed by atoms with Crippen molar-refractivity contribution in [2.24, 2.45) is 0 Å². The quantitative estimate of drug-likeness (QED) is 0.173. The molecule has 0 bridgehead atoms. The molecular weight excluding hydrogens is 785 g/mol. The topological polar surface area (TPSA) is 38.9 Å². The summed E-state index contributed by atoms with van der Waals surface area (Å²) in [5.74, 6) is 0.686. The number of hydrogen-bond donors (Lipinski definition) is 0. The molecule has 1 spiro atoms. The van der Waals surface area contributed by atoms with Crippen LogP contribution in [0.25, 0.3) is 89.2 Å². The van der Waals surface area contributed by atoms with Crippen molar-refractivity contribution >= 4 is 33.7 Å². The molecule has 3 nitrogen and oxygen atoms in total. The second kappa shape index (κ2) is 14.1. The Hall–Kier alpha value is -7.79. The Labute approximate surface area is 369 Å². The smallest absolute Gasteiger partial charge is 0.160 e. The number of nitrogens with zero attached hydrogens (tertiary/aromatic N) is 2. The molecule has 0 atom stereocenters. The second-order valence-corrected chi connectivity index (χ2v) is 17.4. The predicted octanol–water partition coefficient (Wildman–Crippen LogP) is 15.5. The molecule has 0 N–H and O–H groups in total. The third kappa shape index (κ3) is 5.48. The molecule has 1 aliphatic carbocycles. The zero-order chi connectivity index (χ0) is 41.5. The van der Waals surface area contributed by atoms with Crippen LogP contribution in [-0.2, 0) is 5.41 Å². The Kier molecular flexibility index (Phi) is 8.06. The van der Waals surface area contributed by atoms with Crippen molar-refractivity contribution in [1.29, 1.82) is 0 Å². The highest BCUT2D eigenvalue weighted by molar-refractivity contribution is 7.99. The summed E-state index contributed by atoms with van der Waals surface area (Å²) >= 11 is 1.88. The summed E-state index contributed by atoms with van der Waals surface area (Å²) in [5, 5.41) is 2.25. The number of hydrogen-bond acceptors (Lipinski definition) is 4. The van der Waals surface area contributed by atoms with Gasteiger partial charge < -0.3 is 4.42 Å². The summed E-state index contributed by atoms with van der Waals surface area (Å²) in [6.07, 6.45) is 0. The lowest BCUT2D eigenvalue weighted by Gasteiger charge is -2.40. The van der Waals surface area contributed by atoms with Crippen molar-refractivity contribution in [2.75, 3.05) is 0 Å². The minimum atomic E-state index is -0.415. The van der Waals surface area contributed by atoms with Gasteiger partial charge in [-0.2, -0.15) is 0 Å². The molecule has 9 aromatic carbocycles. The lowest BCUT2D eigenvalue weighted by molar-refractivity contribution is 0.670. The van der Waals surface area contributed by atoms with Gasteiger partial charge in [0.1, 0.15) is 11.2 Å². The second-order valence-electron chi connectivity index (χ2n) is 16.4. The molecule has 0 saturated carbocycles. The number of furan rings is 1. The van der Waals surface area contributed by atoms with Crippen LogP contribution in [0.1, 0.15) is 22.3 Å². The van der Waals surface area contributed by atoms with Crippen molar-refractivity contribution in [3.8, 4) is 67.3 Å². The van der Waals surface area contributed by atoms with E-state index in [0.29, 0.717) is 5.82 Å². The largest absolute Gasteiger partial charge is 0.455 e. The molecule has 0 unspecified atom stereocenters. The van der Waals surface area contributed by atoms with Crippen LogP contribution >= 0.6 is 11.8 Å². The summed E-state index contributed by atoms with van der Waals surface area (Å²) in [5.41, 5.74) is 18.7. The molecule has 0 radical (unpaired) electrons. The Balaban J connectivity index is 0.903. The molecule has 0 fully saturated rings.